The fourth-order valence-corrected chi connectivity index (χ4v) is 6.70. The van der Waals surface area contributed by atoms with Crippen LogP contribution in [0.4, 0.5) is 0 Å². The van der Waals surface area contributed by atoms with Gasteiger partial charge in [-0.1, -0.05) is 43.9 Å². The van der Waals surface area contributed by atoms with E-state index in [0.717, 1.165) is 36.5 Å². The summed E-state index contributed by atoms with van der Waals surface area (Å²) in [6.45, 7) is 4.21. The van der Waals surface area contributed by atoms with Crippen LogP contribution in [0.2, 0.25) is 0 Å². The van der Waals surface area contributed by atoms with Gasteiger partial charge in [-0.25, -0.2) is 4.79 Å². The van der Waals surface area contributed by atoms with Crippen LogP contribution < -0.4 is 10.5 Å². The van der Waals surface area contributed by atoms with E-state index in [4.69, 9.17) is 10.5 Å². The first kappa shape index (κ1) is 23.6. The van der Waals surface area contributed by atoms with Crippen LogP contribution in [0, 0.1) is 0 Å². The zero-order valence-electron chi connectivity index (χ0n) is 21.0. The number of carboxylic acid groups (broad SMARTS) is 1. The molecule has 1 atom stereocenters. The number of fused-ring (bicyclic) bond motifs is 5. The average Bonchev–Trinajstić information content (AvgIpc) is 3.20. The number of carbonyl (C=O) groups is 1. The molecule has 190 valence electrons. The Morgan fingerprint density at radius 3 is 2.58 bits per heavy atom. The zero-order valence-corrected chi connectivity index (χ0v) is 21.0. The normalized spacial score (nSPS) is 21.3. The van der Waals surface area contributed by atoms with Gasteiger partial charge in [-0.2, -0.15) is 0 Å². The SMILES string of the molecule is N[C@H]1COc2c(CN3CCCCC3)cccc2-c2c(C3CCCCC3)c3ccc(C(=O)O)cc3n2C1. The molecule has 0 spiro atoms. The summed E-state index contributed by atoms with van der Waals surface area (Å²) in [5.41, 5.74) is 12.8. The number of likely N-dealkylation sites (tertiary alicyclic amines) is 1. The maximum Gasteiger partial charge on any atom is 0.335 e. The number of aromatic carboxylic acids is 1. The molecule has 1 aliphatic carbocycles. The van der Waals surface area contributed by atoms with Crippen molar-refractivity contribution in [2.75, 3.05) is 19.7 Å². The fourth-order valence-electron chi connectivity index (χ4n) is 6.70. The summed E-state index contributed by atoms with van der Waals surface area (Å²) in [6, 6.07) is 12.0. The lowest BCUT2D eigenvalue weighted by Gasteiger charge is -2.30. The van der Waals surface area contributed by atoms with Crippen LogP contribution in [-0.4, -0.2) is 46.3 Å². The van der Waals surface area contributed by atoms with Gasteiger partial charge in [0.15, 0.2) is 0 Å². The van der Waals surface area contributed by atoms with Crippen molar-refractivity contribution in [2.24, 2.45) is 5.73 Å². The van der Waals surface area contributed by atoms with E-state index in [1.165, 1.54) is 73.6 Å². The first-order valence-corrected chi connectivity index (χ1v) is 13.7. The van der Waals surface area contributed by atoms with E-state index >= 15 is 0 Å². The topological polar surface area (TPSA) is 80.7 Å². The second-order valence-electron chi connectivity index (χ2n) is 10.9. The number of piperidine rings is 1. The van der Waals surface area contributed by atoms with Gasteiger partial charge in [0, 0.05) is 35.1 Å². The molecule has 2 aliphatic heterocycles. The van der Waals surface area contributed by atoms with E-state index in [0.29, 0.717) is 24.6 Å². The lowest BCUT2D eigenvalue weighted by atomic mass is 9.81. The molecule has 0 amide bonds. The molecular formula is C30H37N3O3. The van der Waals surface area contributed by atoms with Gasteiger partial charge in [0.05, 0.1) is 17.3 Å². The van der Waals surface area contributed by atoms with Crippen molar-refractivity contribution in [3.05, 3.63) is 53.1 Å². The number of ether oxygens (including phenoxy) is 1. The maximum absolute atomic E-state index is 11.9. The van der Waals surface area contributed by atoms with E-state index in [1.807, 2.05) is 12.1 Å². The molecule has 3 N–H and O–H groups in total. The van der Waals surface area contributed by atoms with Crippen molar-refractivity contribution in [1.29, 1.82) is 0 Å². The Bertz CT molecular complexity index is 1270. The van der Waals surface area contributed by atoms with Gasteiger partial charge in [0.2, 0.25) is 0 Å². The Morgan fingerprint density at radius 2 is 1.81 bits per heavy atom. The molecule has 6 heteroatoms. The largest absolute Gasteiger partial charge is 0.491 e. The van der Waals surface area contributed by atoms with Crippen molar-refractivity contribution in [3.63, 3.8) is 0 Å². The summed E-state index contributed by atoms with van der Waals surface area (Å²) in [7, 11) is 0. The molecule has 0 radical (unpaired) electrons. The average molecular weight is 488 g/mol. The Kier molecular flexibility index (Phi) is 6.48. The third-order valence-corrected chi connectivity index (χ3v) is 8.42. The molecular weight excluding hydrogens is 450 g/mol. The molecule has 6 nitrogen and oxygen atoms in total. The lowest BCUT2D eigenvalue weighted by molar-refractivity contribution is 0.0697. The van der Waals surface area contributed by atoms with Crippen molar-refractivity contribution in [1.82, 2.24) is 9.47 Å². The standard InChI is InChI=1S/C30H37N3O3/c31-23-18-33-26-16-21(30(34)35)12-13-24(26)27(20-8-3-1-4-9-20)28(33)25-11-7-10-22(29(25)36-19-23)17-32-14-5-2-6-15-32/h7,10-13,16,20,23H,1-6,8-9,14-15,17-19,31H2,(H,34,35)/t23-/m1/s1. The Labute approximate surface area is 213 Å². The molecule has 2 aromatic carbocycles. The highest BCUT2D eigenvalue weighted by atomic mass is 16.5. The number of nitrogens with two attached hydrogens (primary N) is 1. The summed E-state index contributed by atoms with van der Waals surface area (Å²) >= 11 is 0. The number of para-hydroxylation sites is 1. The van der Waals surface area contributed by atoms with Crippen LogP contribution >= 0.6 is 0 Å². The number of benzene rings is 2. The molecule has 2 fully saturated rings. The quantitative estimate of drug-likeness (QED) is 0.489. The molecule has 1 saturated carbocycles. The van der Waals surface area contributed by atoms with Gasteiger partial charge in [0.1, 0.15) is 12.4 Å². The number of hydrogen-bond donors (Lipinski definition) is 2. The first-order valence-electron chi connectivity index (χ1n) is 13.7. The number of hydrogen-bond acceptors (Lipinski definition) is 4. The molecule has 0 bridgehead atoms. The summed E-state index contributed by atoms with van der Waals surface area (Å²) < 4.78 is 8.82. The smallest absolute Gasteiger partial charge is 0.335 e. The van der Waals surface area contributed by atoms with Crippen LogP contribution in [0.5, 0.6) is 5.75 Å². The minimum atomic E-state index is -0.894. The van der Waals surface area contributed by atoms with E-state index in [1.54, 1.807) is 6.07 Å². The number of carboxylic acids is 1. The van der Waals surface area contributed by atoms with Crippen molar-refractivity contribution >= 4 is 16.9 Å². The first-order chi connectivity index (χ1) is 17.6. The molecule has 0 unspecified atom stereocenters. The minimum Gasteiger partial charge on any atom is -0.491 e. The van der Waals surface area contributed by atoms with Crippen molar-refractivity contribution in [2.45, 2.75) is 76.4 Å². The molecule has 3 heterocycles. The van der Waals surface area contributed by atoms with E-state index in [2.05, 4.69) is 27.7 Å². The number of rotatable bonds is 4. The second kappa shape index (κ2) is 9.91. The van der Waals surface area contributed by atoms with Crippen molar-refractivity contribution < 1.29 is 14.6 Å². The summed E-state index contributed by atoms with van der Waals surface area (Å²) in [6.07, 6.45) is 9.93. The number of aromatic nitrogens is 1. The highest BCUT2D eigenvalue weighted by Gasteiger charge is 2.31. The van der Waals surface area contributed by atoms with Gasteiger partial charge in [-0.05, 0) is 68.5 Å². The van der Waals surface area contributed by atoms with E-state index in [-0.39, 0.29) is 6.04 Å². The van der Waals surface area contributed by atoms with Gasteiger partial charge in [0.25, 0.3) is 0 Å². The van der Waals surface area contributed by atoms with Crippen LogP contribution in [-0.2, 0) is 13.1 Å². The predicted octanol–water partition coefficient (Wildman–Crippen LogP) is 5.76. The third-order valence-electron chi connectivity index (χ3n) is 8.42. The lowest BCUT2D eigenvalue weighted by Crippen LogP contribution is -2.35. The highest BCUT2D eigenvalue weighted by Crippen LogP contribution is 2.47. The molecule has 36 heavy (non-hydrogen) atoms. The highest BCUT2D eigenvalue weighted by molar-refractivity contribution is 5.98. The van der Waals surface area contributed by atoms with Crippen molar-refractivity contribution in [3.8, 4) is 17.0 Å². The fraction of sp³-hybridized carbons (Fsp3) is 0.500. The summed E-state index contributed by atoms with van der Waals surface area (Å²) in [4.78, 5) is 14.4. The molecule has 3 aliphatic rings. The number of nitrogens with zero attached hydrogens (tertiary/aromatic N) is 2. The molecule has 1 saturated heterocycles. The van der Waals surface area contributed by atoms with E-state index < -0.39 is 5.97 Å². The van der Waals surface area contributed by atoms with Gasteiger partial charge in [-0.15, -0.1) is 0 Å². The third kappa shape index (κ3) is 4.31. The zero-order chi connectivity index (χ0) is 24.6. The Hall–Kier alpha value is -2.83. The minimum absolute atomic E-state index is 0.178. The van der Waals surface area contributed by atoms with Gasteiger partial charge in [-0.3, -0.25) is 4.90 Å². The van der Waals surface area contributed by atoms with Crippen LogP contribution in [0.25, 0.3) is 22.2 Å². The van der Waals surface area contributed by atoms with E-state index in [9.17, 15) is 9.90 Å². The second-order valence-corrected chi connectivity index (χ2v) is 10.9. The molecule has 1 aromatic heterocycles. The predicted molar refractivity (Wildman–Crippen MR) is 143 cm³/mol. The summed E-state index contributed by atoms with van der Waals surface area (Å²) in [5.74, 6) is 0.523. The molecule has 6 rings (SSSR count). The van der Waals surface area contributed by atoms with Gasteiger partial charge < -0.3 is 20.1 Å². The summed E-state index contributed by atoms with van der Waals surface area (Å²) in [5, 5.41) is 10.9. The Morgan fingerprint density at radius 1 is 1.03 bits per heavy atom. The Balaban J connectivity index is 1.58. The van der Waals surface area contributed by atoms with Crippen LogP contribution in [0.3, 0.4) is 0 Å². The van der Waals surface area contributed by atoms with Gasteiger partial charge >= 0.3 is 5.97 Å². The van der Waals surface area contributed by atoms with Crippen LogP contribution in [0.1, 0.15) is 78.8 Å². The maximum atomic E-state index is 11.9. The molecule has 3 aromatic rings. The monoisotopic (exact) mass is 487 g/mol. The van der Waals surface area contributed by atoms with Crippen LogP contribution in [0.15, 0.2) is 36.4 Å².